The van der Waals surface area contributed by atoms with E-state index in [4.69, 9.17) is 9.73 Å². The number of ketones is 1. The molecule has 5 nitrogen and oxygen atoms in total. The molecule has 0 aromatic rings. The van der Waals surface area contributed by atoms with E-state index in [0.29, 0.717) is 30.1 Å². The summed E-state index contributed by atoms with van der Waals surface area (Å²) in [4.78, 5) is 21.1. The number of aliphatic imine (C=N–C) groups is 1. The summed E-state index contributed by atoms with van der Waals surface area (Å²) >= 11 is 0. The third-order valence-corrected chi connectivity index (χ3v) is 11.7. The number of hydrogen-bond donors (Lipinski definition) is 1. The SMILES string of the molecule is CCC1=NC2CC=C3CC4C(=O)C[C@]5(C)[C@@H]([C@H](C)N(C)C)[C@H](O)C[C@@]5(C)C4CCC3[C@]2(C)CO1. The first-order valence-electron chi connectivity index (χ1n) is 13.7. The standard InChI is InChI=1S/C29H46N2O3/c1-8-25-30-24-12-9-18-13-19-21(11-10-20(18)27(24,3)16-34-25)28(4)15-23(33)26(17(2)31(6)7)29(28,5)14-22(19)32/h9,17,19-21,23-24,26,33H,8,10-16H2,1-7H3/t17-,19?,20?,21?,23+,24?,26-,27-,28-,29+/m0/s1. The lowest BCUT2D eigenvalue weighted by Crippen LogP contribution is -2.55. The molecule has 10 atom stereocenters. The number of Topliss-reactive ketones (excluding diaryl/α,β-unsaturated/α-hetero) is 1. The van der Waals surface area contributed by atoms with Gasteiger partial charge in [0.05, 0.1) is 18.8 Å². The van der Waals surface area contributed by atoms with Crippen LogP contribution in [0.25, 0.3) is 0 Å². The zero-order chi connectivity index (χ0) is 24.6. The summed E-state index contributed by atoms with van der Waals surface area (Å²) in [5.41, 5.74) is 1.31. The van der Waals surface area contributed by atoms with E-state index in [-0.39, 0.29) is 40.2 Å². The van der Waals surface area contributed by atoms with Crippen LogP contribution in [0.3, 0.4) is 0 Å². The van der Waals surface area contributed by atoms with Gasteiger partial charge in [-0.25, -0.2) is 0 Å². The van der Waals surface area contributed by atoms with Crippen molar-refractivity contribution >= 4 is 11.7 Å². The van der Waals surface area contributed by atoms with Gasteiger partial charge >= 0.3 is 0 Å². The van der Waals surface area contributed by atoms with E-state index >= 15 is 0 Å². The summed E-state index contributed by atoms with van der Waals surface area (Å²) in [5, 5.41) is 11.4. The van der Waals surface area contributed by atoms with E-state index in [1.807, 2.05) is 0 Å². The van der Waals surface area contributed by atoms with Crippen molar-refractivity contribution in [2.75, 3.05) is 20.7 Å². The average Bonchev–Trinajstić information content (AvgIpc) is 2.91. The van der Waals surface area contributed by atoms with Crippen molar-refractivity contribution in [2.24, 2.45) is 44.9 Å². The van der Waals surface area contributed by atoms with Gasteiger partial charge in [-0.2, -0.15) is 0 Å². The third kappa shape index (κ3) is 3.25. The minimum absolute atomic E-state index is 0.0145. The molecule has 1 aliphatic heterocycles. The van der Waals surface area contributed by atoms with Crippen molar-refractivity contribution in [1.29, 1.82) is 0 Å². The number of carbonyl (C=O) groups excluding carboxylic acids is 1. The maximum absolute atomic E-state index is 13.9. The lowest BCUT2D eigenvalue weighted by molar-refractivity contribution is -0.147. The second-order valence-electron chi connectivity index (χ2n) is 13.2. The van der Waals surface area contributed by atoms with Crippen LogP contribution in [0.2, 0.25) is 0 Å². The number of aliphatic hydroxyl groups is 1. The zero-order valence-electron chi connectivity index (χ0n) is 22.4. The molecule has 0 saturated heterocycles. The van der Waals surface area contributed by atoms with Crippen LogP contribution in [0.4, 0.5) is 0 Å². The predicted octanol–water partition coefficient (Wildman–Crippen LogP) is 4.88. The number of ether oxygens (including phenoxy) is 1. The number of hydrogen-bond acceptors (Lipinski definition) is 5. The van der Waals surface area contributed by atoms with Gasteiger partial charge in [-0.3, -0.25) is 9.79 Å². The molecule has 0 aromatic carbocycles. The van der Waals surface area contributed by atoms with Gasteiger partial charge in [0.15, 0.2) is 5.90 Å². The topological polar surface area (TPSA) is 62.1 Å². The predicted molar refractivity (Wildman–Crippen MR) is 136 cm³/mol. The van der Waals surface area contributed by atoms with Gasteiger partial charge in [0, 0.05) is 36.1 Å². The summed E-state index contributed by atoms with van der Waals surface area (Å²) in [6.45, 7) is 12.2. The van der Waals surface area contributed by atoms with E-state index in [2.05, 4.69) is 59.7 Å². The van der Waals surface area contributed by atoms with Crippen LogP contribution in [-0.4, -0.2) is 60.6 Å². The Morgan fingerprint density at radius 3 is 2.65 bits per heavy atom. The molecule has 34 heavy (non-hydrogen) atoms. The van der Waals surface area contributed by atoms with Gasteiger partial charge in [0.25, 0.3) is 0 Å². The van der Waals surface area contributed by atoms with E-state index in [1.165, 1.54) is 5.57 Å². The Morgan fingerprint density at radius 1 is 1.24 bits per heavy atom. The maximum Gasteiger partial charge on any atom is 0.183 e. The van der Waals surface area contributed by atoms with Gasteiger partial charge in [0.2, 0.25) is 0 Å². The fourth-order valence-corrected chi connectivity index (χ4v) is 9.32. The molecule has 3 fully saturated rings. The highest BCUT2D eigenvalue weighted by atomic mass is 16.5. The minimum atomic E-state index is -0.348. The number of rotatable bonds is 3. The van der Waals surface area contributed by atoms with E-state index in [0.717, 1.165) is 51.0 Å². The van der Waals surface area contributed by atoms with Crippen LogP contribution >= 0.6 is 0 Å². The zero-order valence-corrected chi connectivity index (χ0v) is 22.4. The van der Waals surface area contributed by atoms with Crippen molar-refractivity contribution in [3.8, 4) is 0 Å². The lowest BCUT2D eigenvalue weighted by atomic mass is 9.48. The number of nitrogens with zero attached hydrogens (tertiary/aromatic N) is 2. The Kier molecular flexibility index (Phi) is 5.88. The van der Waals surface area contributed by atoms with Crippen LogP contribution < -0.4 is 0 Å². The Hall–Kier alpha value is -1.20. The number of allylic oxidation sites excluding steroid dienone is 1. The van der Waals surface area contributed by atoms with Crippen LogP contribution in [0, 0.1) is 39.9 Å². The monoisotopic (exact) mass is 470 g/mol. The van der Waals surface area contributed by atoms with Crippen molar-refractivity contribution in [2.45, 2.75) is 97.8 Å². The molecule has 190 valence electrons. The average molecular weight is 471 g/mol. The Morgan fingerprint density at radius 2 is 1.97 bits per heavy atom. The molecule has 5 aliphatic rings. The van der Waals surface area contributed by atoms with Gasteiger partial charge in [-0.1, -0.05) is 39.3 Å². The fraction of sp³-hybridized carbons (Fsp3) is 0.862. The molecule has 1 N–H and O–H groups in total. The summed E-state index contributed by atoms with van der Waals surface area (Å²) in [6.07, 6.45) is 8.40. The first-order chi connectivity index (χ1) is 16.0. The first-order valence-corrected chi connectivity index (χ1v) is 13.7. The van der Waals surface area contributed by atoms with Crippen LogP contribution in [0.15, 0.2) is 16.6 Å². The molecule has 0 radical (unpaired) electrons. The van der Waals surface area contributed by atoms with Crippen molar-refractivity contribution in [3.63, 3.8) is 0 Å². The molecule has 4 unspecified atom stereocenters. The number of fused-ring (bicyclic) bond motifs is 6. The van der Waals surface area contributed by atoms with Gasteiger partial charge in [-0.15, -0.1) is 0 Å². The maximum atomic E-state index is 13.9. The van der Waals surface area contributed by atoms with Crippen molar-refractivity contribution in [3.05, 3.63) is 11.6 Å². The van der Waals surface area contributed by atoms with Crippen LogP contribution in [-0.2, 0) is 9.53 Å². The highest BCUT2D eigenvalue weighted by Gasteiger charge is 2.68. The summed E-state index contributed by atoms with van der Waals surface area (Å²) < 4.78 is 6.13. The minimum Gasteiger partial charge on any atom is -0.480 e. The van der Waals surface area contributed by atoms with E-state index in [9.17, 15) is 9.90 Å². The highest BCUT2D eigenvalue weighted by molar-refractivity contribution is 5.84. The number of aliphatic hydroxyl groups excluding tert-OH is 1. The second-order valence-corrected chi connectivity index (χ2v) is 13.2. The summed E-state index contributed by atoms with van der Waals surface area (Å²) in [5.74, 6) is 2.33. The van der Waals surface area contributed by atoms with Gasteiger partial charge in [-0.05, 0) is 75.8 Å². The smallest absolute Gasteiger partial charge is 0.183 e. The Bertz CT molecular complexity index is 911. The summed E-state index contributed by atoms with van der Waals surface area (Å²) in [7, 11) is 4.20. The van der Waals surface area contributed by atoms with Crippen molar-refractivity contribution < 1.29 is 14.6 Å². The largest absolute Gasteiger partial charge is 0.480 e. The van der Waals surface area contributed by atoms with Crippen LogP contribution in [0.5, 0.6) is 0 Å². The second kappa shape index (κ2) is 8.16. The molecule has 0 amide bonds. The van der Waals surface area contributed by atoms with Gasteiger partial charge < -0.3 is 14.7 Å². The molecule has 0 aromatic heterocycles. The fourth-order valence-electron chi connectivity index (χ4n) is 9.32. The molecule has 5 rings (SSSR count). The molecule has 4 aliphatic carbocycles. The molecule has 0 spiro atoms. The molecule has 0 bridgehead atoms. The number of carbonyl (C=O) groups is 1. The normalized spacial score (nSPS) is 49.0. The molecular weight excluding hydrogens is 424 g/mol. The first kappa shape index (κ1) is 24.5. The Balaban J connectivity index is 1.49. The van der Waals surface area contributed by atoms with E-state index < -0.39 is 0 Å². The highest BCUT2D eigenvalue weighted by Crippen LogP contribution is 2.69. The third-order valence-electron chi connectivity index (χ3n) is 11.7. The van der Waals surface area contributed by atoms with Gasteiger partial charge in [0.1, 0.15) is 5.78 Å². The molecule has 5 heteroatoms. The lowest BCUT2D eigenvalue weighted by Gasteiger charge is -2.56. The molecule has 3 saturated carbocycles. The molecular formula is C29H46N2O3. The molecule has 1 heterocycles. The Labute approximate surface area is 206 Å². The van der Waals surface area contributed by atoms with Crippen molar-refractivity contribution in [1.82, 2.24) is 4.90 Å². The van der Waals surface area contributed by atoms with E-state index in [1.54, 1.807) is 0 Å². The summed E-state index contributed by atoms with van der Waals surface area (Å²) in [6, 6.07) is 0.534. The quantitative estimate of drug-likeness (QED) is 0.597. The van der Waals surface area contributed by atoms with Crippen LogP contribution in [0.1, 0.15) is 79.6 Å².